The molecule has 2 heterocycles. The monoisotopic (exact) mass is 342 g/mol. The van der Waals surface area contributed by atoms with E-state index in [1.807, 2.05) is 12.1 Å². The molecule has 0 radical (unpaired) electrons. The van der Waals surface area contributed by atoms with Crippen LogP contribution in [0.2, 0.25) is 5.02 Å². The summed E-state index contributed by atoms with van der Waals surface area (Å²) in [4.78, 5) is 18.8. The van der Waals surface area contributed by atoms with Crippen molar-refractivity contribution in [3.8, 4) is 6.07 Å². The first kappa shape index (κ1) is 16.2. The van der Waals surface area contributed by atoms with Gasteiger partial charge in [0.05, 0.1) is 47.3 Å². The normalized spacial score (nSPS) is 14.1. The number of carbonyl (C=O) groups excluding carboxylic acids is 1. The number of carbonyl (C=O) groups is 1. The number of hydrogen-bond donors (Lipinski definition) is 1. The fraction of sp³-hybridized carbons (Fsp3) is 0.235. The standard InChI is InChI=1S/C17H15ClN4O2/c18-15-3-1-12(10-19)9-14(15)17(23)21-13-2-4-16(20-11-13)22-5-7-24-8-6-22/h1-4,9,11H,5-8H2,(H,21,23). The molecule has 0 aliphatic carbocycles. The summed E-state index contributed by atoms with van der Waals surface area (Å²) < 4.78 is 5.31. The number of aromatic nitrogens is 1. The van der Waals surface area contributed by atoms with E-state index in [4.69, 9.17) is 21.6 Å². The molecular weight excluding hydrogens is 328 g/mol. The molecule has 7 heteroatoms. The minimum Gasteiger partial charge on any atom is -0.378 e. The number of ether oxygens (including phenoxy) is 1. The summed E-state index contributed by atoms with van der Waals surface area (Å²) in [6.07, 6.45) is 1.60. The SMILES string of the molecule is N#Cc1ccc(Cl)c(C(=O)Nc2ccc(N3CCOCC3)nc2)c1. The summed E-state index contributed by atoms with van der Waals surface area (Å²) >= 11 is 6.04. The van der Waals surface area contributed by atoms with Crippen molar-refractivity contribution in [1.82, 2.24) is 4.98 Å². The van der Waals surface area contributed by atoms with E-state index < -0.39 is 0 Å². The molecule has 2 aromatic rings. The maximum absolute atomic E-state index is 12.3. The molecule has 1 aromatic carbocycles. The largest absolute Gasteiger partial charge is 0.378 e. The molecule has 6 nitrogen and oxygen atoms in total. The van der Waals surface area contributed by atoms with E-state index in [2.05, 4.69) is 15.2 Å². The molecule has 1 aliphatic rings. The zero-order valence-corrected chi connectivity index (χ0v) is 13.6. The van der Waals surface area contributed by atoms with E-state index in [9.17, 15) is 4.79 Å². The van der Waals surface area contributed by atoms with E-state index in [1.165, 1.54) is 12.1 Å². The fourth-order valence-electron chi connectivity index (χ4n) is 2.41. The van der Waals surface area contributed by atoms with Crippen LogP contribution in [0.4, 0.5) is 11.5 Å². The molecule has 24 heavy (non-hydrogen) atoms. The third-order valence-electron chi connectivity index (χ3n) is 3.68. The predicted octanol–water partition coefficient (Wildman–Crippen LogP) is 2.70. The van der Waals surface area contributed by atoms with Gasteiger partial charge >= 0.3 is 0 Å². The van der Waals surface area contributed by atoms with E-state index in [-0.39, 0.29) is 11.5 Å². The second-order valence-electron chi connectivity index (χ2n) is 5.27. The molecule has 1 aromatic heterocycles. The molecule has 0 unspecified atom stereocenters. The molecule has 0 spiro atoms. The highest BCUT2D eigenvalue weighted by atomic mass is 35.5. The Bertz CT molecular complexity index is 780. The van der Waals surface area contributed by atoms with Crippen molar-refractivity contribution in [3.63, 3.8) is 0 Å². The van der Waals surface area contributed by atoms with Crippen LogP contribution < -0.4 is 10.2 Å². The van der Waals surface area contributed by atoms with E-state index in [1.54, 1.807) is 18.3 Å². The first-order valence-electron chi connectivity index (χ1n) is 7.47. The van der Waals surface area contributed by atoms with Gasteiger partial charge in [-0.2, -0.15) is 5.26 Å². The van der Waals surface area contributed by atoms with Crippen LogP contribution in [0.3, 0.4) is 0 Å². The maximum atomic E-state index is 12.3. The minimum absolute atomic E-state index is 0.257. The first-order valence-corrected chi connectivity index (χ1v) is 7.85. The highest BCUT2D eigenvalue weighted by Crippen LogP contribution is 2.20. The Balaban J connectivity index is 1.72. The summed E-state index contributed by atoms with van der Waals surface area (Å²) in [6.45, 7) is 2.98. The second-order valence-corrected chi connectivity index (χ2v) is 5.67. The molecule has 0 bridgehead atoms. The van der Waals surface area contributed by atoms with E-state index in [0.717, 1.165) is 18.9 Å². The summed E-state index contributed by atoms with van der Waals surface area (Å²) in [7, 11) is 0. The Morgan fingerprint density at radius 2 is 2.08 bits per heavy atom. The number of nitrogens with zero attached hydrogens (tertiary/aromatic N) is 3. The molecular formula is C17H15ClN4O2. The maximum Gasteiger partial charge on any atom is 0.257 e. The van der Waals surface area contributed by atoms with Gasteiger partial charge in [-0.15, -0.1) is 0 Å². The summed E-state index contributed by atoms with van der Waals surface area (Å²) in [6, 6.07) is 10.2. The van der Waals surface area contributed by atoms with Gasteiger partial charge in [-0.25, -0.2) is 4.98 Å². The third-order valence-corrected chi connectivity index (χ3v) is 4.01. The average molecular weight is 343 g/mol. The van der Waals surface area contributed by atoms with E-state index >= 15 is 0 Å². The van der Waals surface area contributed by atoms with Gasteiger partial charge in [0.1, 0.15) is 5.82 Å². The first-order chi connectivity index (χ1) is 11.7. The molecule has 1 amide bonds. The average Bonchev–Trinajstić information content (AvgIpc) is 2.63. The van der Waals surface area contributed by atoms with Crippen LogP contribution >= 0.6 is 11.6 Å². The number of nitrogens with one attached hydrogen (secondary N) is 1. The van der Waals surface area contributed by atoms with Gasteiger partial charge in [0, 0.05) is 13.1 Å². The van der Waals surface area contributed by atoms with E-state index in [0.29, 0.717) is 29.5 Å². The van der Waals surface area contributed by atoms with Crippen LogP contribution in [-0.4, -0.2) is 37.2 Å². The van der Waals surface area contributed by atoms with Crippen molar-refractivity contribution in [2.45, 2.75) is 0 Å². The van der Waals surface area contributed by atoms with Gasteiger partial charge in [0.2, 0.25) is 0 Å². The molecule has 122 valence electrons. The number of pyridine rings is 1. The third kappa shape index (κ3) is 3.65. The topological polar surface area (TPSA) is 78.2 Å². The van der Waals surface area contributed by atoms with Crippen LogP contribution in [0.15, 0.2) is 36.5 Å². The molecule has 0 saturated carbocycles. The van der Waals surface area contributed by atoms with Gasteiger partial charge in [-0.3, -0.25) is 4.79 Å². The van der Waals surface area contributed by atoms with Crippen molar-refractivity contribution < 1.29 is 9.53 Å². The smallest absolute Gasteiger partial charge is 0.257 e. The van der Waals surface area contributed by atoms with Crippen LogP contribution in [0.1, 0.15) is 15.9 Å². The van der Waals surface area contributed by atoms with Crippen molar-refractivity contribution >= 4 is 29.0 Å². The van der Waals surface area contributed by atoms with Gasteiger partial charge in [0.25, 0.3) is 5.91 Å². The Kier molecular flexibility index (Phi) is 4.94. The molecule has 1 fully saturated rings. The van der Waals surface area contributed by atoms with Crippen LogP contribution in [0, 0.1) is 11.3 Å². The van der Waals surface area contributed by atoms with Crippen LogP contribution in [0.5, 0.6) is 0 Å². The minimum atomic E-state index is -0.377. The zero-order chi connectivity index (χ0) is 16.9. The van der Waals surface area contributed by atoms with Crippen LogP contribution in [-0.2, 0) is 4.74 Å². The Morgan fingerprint density at radius 1 is 1.29 bits per heavy atom. The molecule has 1 N–H and O–H groups in total. The number of hydrogen-bond acceptors (Lipinski definition) is 5. The van der Waals surface area contributed by atoms with Gasteiger partial charge in [-0.1, -0.05) is 11.6 Å². The number of benzene rings is 1. The van der Waals surface area contributed by atoms with Gasteiger partial charge in [0.15, 0.2) is 0 Å². The lowest BCUT2D eigenvalue weighted by atomic mass is 10.1. The number of morpholine rings is 1. The molecule has 1 aliphatic heterocycles. The fourth-order valence-corrected chi connectivity index (χ4v) is 2.61. The number of anilines is 2. The number of halogens is 1. The molecule has 0 atom stereocenters. The predicted molar refractivity (Wildman–Crippen MR) is 91.4 cm³/mol. The highest BCUT2D eigenvalue weighted by Gasteiger charge is 2.14. The lowest BCUT2D eigenvalue weighted by molar-refractivity contribution is 0.102. The van der Waals surface area contributed by atoms with Crippen molar-refractivity contribution in [1.29, 1.82) is 5.26 Å². The zero-order valence-electron chi connectivity index (χ0n) is 12.8. The summed E-state index contributed by atoms with van der Waals surface area (Å²) in [5, 5.41) is 12.0. The van der Waals surface area contributed by atoms with Crippen molar-refractivity contribution in [3.05, 3.63) is 52.7 Å². The Hall–Kier alpha value is -2.62. The van der Waals surface area contributed by atoms with Gasteiger partial charge < -0.3 is 15.0 Å². The molecule has 1 saturated heterocycles. The quantitative estimate of drug-likeness (QED) is 0.927. The lowest BCUT2D eigenvalue weighted by Gasteiger charge is -2.27. The van der Waals surface area contributed by atoms with Crippen molar-refractivity contribution in [2.75, 3.05) is 36.5 Å². The Labute approximate surface area is 144 Å². The number of amides is 1. The number of rotatable bonds is 3. The lowest BCUT2D eigenvalue weighted by Crippen LogP contribution is -2.36. The number of nitriles is 1. The molecule has 3 rings (SSSR count). The second kappa shape index (κ2) is 7.30. The Morgan fingerprint density at radius 3 is 2.75 bits per heavy atom. The van der Waals surface area contributed by atoms with Gasteiger partial charge in [-0.05, 0) is 30.3 Å². The van der Waals surface area contributed by atoms with Crippen LogP contribution in [0.25, 0.3) is 0 Å². The summed E-state index contributed by atoms with van der Waals surface area (Å²) in [5.41, 5.74) is 1.20. The van der Waals surface area contributed by atoms with Crippen molar-refractivity contribution in [2.24, 2.45) is 0 Å². The highest BCUT2D eigenvalue weighted by molar-refractivity contribution is 6.34. The summed E-state index contributed by atoms with van der Waals surface area (Å²) in [5.74, 6) is 0.471.